The Morgan fingerprint density at radius 2 is 1.74 bits per heavy atom. The number of phosphoric acid groups is 1. The van der Waals surface area contributed by atoms with Crippen LogP contribution in [0.3, 0.4) is 0 Å². The van der Waals surface area contributed by atoms with E-state index in [0.29, 0.717) is 58.8 Å². The van der Waals surface area contributed by atoms with Crippen LogP contribution in [-0.4, -0.2) is 82.1 Å². The fraction of sp³-hybridized carbons (Fsp3) is 0.514. The first-order valence-corrected chi connectivity index (χ1v) is 19.3. The predicted molar refractivity (Wildman–Crippen MR) is 201 cm³/mol. The molecule has 17 heteroatoms. The third-order valence-electron chi connectivity index (χ3n) is 7.89. The van der Waals surface area contributed by atoms with E-state index < -0.39 is 36.6 Å². The van der Waals surface area contributed by atoms with E-state index >= 15 is 0 Å². The van der Waals surface area contributed by atoms with Crippen molar-refractivity contribution in [2.75, 3.05) is 50.6 Å². The van der Waals surface area contributed by atoms with Crippen LogP contribution in [-0.2, 0) is 29.4 Å². The zero-order valence-electron chi connectivity index (χ0n) is 31.8. The number of aromatic amines is 1. The number of carbonyl (C=O) groups excluding carboxylic acids is 1. The molecule has 2 heterocycles. The highest BCUT2D eigenvalue weighted by molar-refractivity contribution is 7.48. The van der Waals surface area contributed by atoms with Crippen molar-refractivity contribution in [3.63, 3.8) is 0 Å². The first-order chi connectivity index (χ1) is 25.5. The van der Waals surface area contributed by atoms with Crippen LogP contribution in [0.2, 0.25) is 0 Å². The number of aromatic nitrogens is 4. The average molecular weight is 774 g/mol. The van der Waals surface area contributed by atoms with Crippen molar-refractivity contribution in [2.45, 2.75) is 78.4 Å². The fourth-order valence-electron chi connectivity index (χ4n) is 5.50. The molecule has 14 nitrogen and oxygen atoms in total. The topological polar surface area (TPSA) is 162 Å². The normalized spacial score (nSPS) is 13.7. The van der Waals surface area contributed by atoms with Crippen LogP contribution >= 0.6 is 7.82 Å². The number of nitrogens with one attached hydrogen (secondary N) is 3. The quantitative estimate of drug-likeness (QED) is 0.0627. The lowest BCUT2D eigenvalue weighted by atomic mass is 10.2. The molecule has 0 atom stereocenters. The van der Waals surface area contributed by atoms with E-state index in [1.54, 1.807) is 25.3 Å². The molecule has 54 heavy (non-hydrogen) atoms. The van der Waals surface area contributed by atoms with Gasteiger partial charge in [-0.2, -0.15) is 5.10 Å². The summed E-state index contributed by atoms with van der Waals surface area (Å²) in [6, 6.07) is 8.73. The zero-order valence-corrected chi connectivity index (χ0v) is 32.7. The molecular formula is C37H50F2N7O7P. The lowest BCUT2D eigenvalue weighted by Crippen LogP contribution is -2.32. The minimum atomic E-state index is -3.80. The molecule has 3 N–H and O–H groups in total. The molecule has 1 aliphatic rings. The molecule has 1 saturated carbocycles. The van der Waals surface area contributed by atoms with Crippen molar-refractivity contribution in [1.82, 2.24) is 25.1 Å². The number of methoxy groups -OCH3 is 1. The Hall–Kier alpha value is -4.21. The molecule has 1 fully saturated rings. The van der Waals surface area contributed by atoms with Crippen molar-refractivity contribution >= 4 is 42.0 Å². The van der Waals surface area contributed by atoms with Gasteiger partial charge >= 0.3 is 7.82 Å². The highest BCUT2D eigenvalue weighted by atomic mass is 31.2. The second-order valence-electron chi connectivity index (χ2n) is 15.1. The van der Waals surface area contributed by atoms with Crippen molar-refractivity contribution in [3.8, 4) is 11.5 Å². The van der Waals surface area contributed by atoms with Gasteiger partial charge in [-0.05, 0) is 84.9 Å². The summed E-state index contributed by atoms with van der Waals surface area (Å²) in [4.78, 5) is 23.6. The first-order valence-electron chi connectivity index (χ1n) is 17.9. The second-order valence-corrected chi connectivity index (χ2v) is 16.6. The van der Waals surface area contributed by atoms with Crippen molar-refractivity contribution in [1.29, 1.82) is 0 Å². The Balaban J connectivity index is 1.16. The lowest BCUT2D eigenvalue weighted by molar-refractivity contribution is -0.115. The summed E-state index contributed by atoms with van der Waals surface area (Å²) < 4.78 is 70.1. The molecule has 2 aromatic carbocycles. The monoisotopic (exact) mass is 773 g/mol. The predicted octanol–water partition coefficient (Wildman–Crippen LogP) is 7.80. The van der Waals surface area contributed by atoms with Gasteiger partial charge in [-0.25, -0.2) is 23.3 Å². The standard InChI is InChI=1S/C37H50F2N7O7P/c1-36(2,3)52-54(48,53-37(4,5)6)51-17-15-46(22-24-12-13-24)14-9-16-50-31-21-29-26(20-30(31)49-7)35(41-23-40-29)43-32-18-25(44-45-32)19-33(47)42-28-11-8-10-27(38)34(28)39/h8,10-11,18,20-21,23-24H,9,12-17,19,22H2,1-7H3,(H,42,47)(H2,40,41,43,44,45). The molecule has 5 rings (SSSR count). The molecule has 0 aliphatic heterocycles. The number of amides is 1. The van der Waals surface area contributed by atoms with Gasteiger partial charge in [-0.3, -0.25) is 23.5 Å². The molecule has 0 radical (unpaired) electrons. The molecule has 0 spiro atoms. The van der Waals surface area contributed by atoms with Gasteiger partial charge in [0.1, 0.15) is 12.1 Å². The van der Waals surface area contributed by atoms with E-state index in [-0.39, 0.29) is 18.7 Å². The molecule has 0 bridgehead atoms. The molecule has 0 saturated heterocycles. The Morgan fingerprint density at radius 3 is 2.43 bits per heavy atom. The summed E-state index contributed by atoms with van der Waals surface area (Å²) in [6.45, 7) is 13.7. The molecule has 1 amide bonds. The molecular weight excluding hydrogens is 723 g/mol. The van der Waals surface area contributed by atoms with Gasteiger partial charge in [0.2, 0.25) is 5.91 Å². The number of halogens is 2. The molecule has 1 aliphatic carbocycles. The number of H-pyrrole nitrogens is 1. The molecule has 2 aromatic heterocycles. The van der Waals surface area contributed by atoms with E-state index in [9.17, 15) is 18.1 Å². The number of nitrogens with zero attached hydrogens (tertiary/aromatic N) is 4. The van der Waals surface area contributed by atoms with Crippen LogP contribution < -0.4 is 20.1 Å². The Bertz CT molecular complexity index is 1930. The van der Waals surface area contributed by atoms with Crippen molar-refractivity contribution < 1.29 is 41.2 Å². The maximum absolute atomic E-state index is 14.0. The van der Waals surface area contributed by atoms with E-state index in [2.05, 4.69) is 35.7 Å². The smallest absolute Gasteiger partial charge is 0.475 e. The molecule has 294 valence electrons. The average Bonchev–Trinajstić information content (AvgIpc) is 3.79. The van der Waals surface area contributed by atoms with Gasteiger partial charge in [0.05, 0.1) is 49.2 Å². The Kier molecular flexibility index (Phi) is 13.3. The van der Waals surface area contributed by atoms with Gasteiger partial charge in [0, 0.05) is 42.8 Å². The van der Waals surface area contributed by atoms with Crippen molar-refractivity contribution in [3.05, 3.63) is 60.1 Å². The fourth-order valence-corrected chi connectivity index (χ4v) is 7.28. The van der Waals surface area contributed by atoms with Crippen LogP contribution in [0.15, 0.2) is 42.7 Å². The first kappa shape index (κ1) is 41.0. The Morgan fingerprint density at radius 1 is 1.00 bits per heavy atom. The van der Waals surface area contributed by atoms with Crippen molar-refractivity contribution in [2.24, 2.45) is 5.92 Å². The summed E-state index contributed by atoms with van der Waals surface area (Å²) >= 11 is 0. The maximum atomic E-state index is 14.0. The summed E-state index contributed by atoms with van der Waals surface area (Å²) in [6.07, 6.45) is 4.36. The van der Waals surface area contributed by atoms with Crippen LogP contribution in [0.25, 0.3) is 10.9 Å². The number of hydrogen-bond acceptors (Lipinski definition) is 12. The third-order valence-corrected chi connectivity index (χ3v) is 9.93. The number of hydrogen-bond donors (Lipinski definition) is 3. The van der Waals surface area contributed by atoms with E-state index in [1.807, 2.05) is 41.5 Å². The van der Waals surface area contributed by atoms with Crippen LogP contribution in [0.4, 0.5) is 26.1 Å². The third kappa shape index (κ3) is 12.4. The summed E-state index contributed by atoms with van der Waals surface area (Å²) in [5.41, 5.74) is -0.624. The number of carbonyl (C=O) groups is 1. The zero-order chi connectivity index (χ0) is 39.1. The van der Waals surface area contributed by atoms with E-state index in [0.717, 1.165) is 25.6 Å². The minimum absolute atomic E-state index is 0.156. The second kappa shape index (κ2) is 17.5. The van der Waals surface area contributed by atoms with Crippen LogP contribution in [0.5, 0.6) is 11.5 Å². The highest BCUT2D eigenvalue weighted by Gasteiger charge is 2.37. The van der Waals surface area contributed by atoms with E-state index in [4.69, 9.17) is 23.0 Å². The number of phosphoric ester groups is 1. The van der Waals surface area contributed by atoms with Crippen LogP contribution in [0, 0.1) is 17.6 Å². The van der Waals surface area contributed by atoms with Gasteiger partial charge in [0.25, 0.3) is 0 Å². The van der Waals surface area contributed by atoms with Gasteiger partial charge in [0.15, 0.2) is 29.0 Å². The Labute approximate surface area is 314 Å². The summed E-state index contributed by atoms with van der Waals surface area (Å²) in [5.74, 6) is -0.266. The lowest BCUT2D eigenvalue weighted by Gasteiger charge is -2.31. The van der Waals surface area contributed by atoms with Crippen LogP contribution in [0.1, 0.15) is 66.5 Å². The SMILES string of the molecule is COc1cc2c(Nc3cc(CC(=O)Nc4cccc(F)c4F)[nH]n3)ncnc2cc1OCCCN(CCOP(=O)(OC(C)(C)C)OC(C)(C)C)CC1CC1. The number of fused-ring (bicyclic) bond motifs is 1. The highest BCUT2D eigenvalue weighted by Crippen LogP contribution is 2.55. The number of benzene rings is 2. The summed E-state index contributed by atoms with van der Waals surface area (Å²) in [7, 11) is -2.25. The summed E-state index contributed by atoms with van der Waals surface area (Å²) in [5, 5.41) is 13.1. The van der Waals surface area contributed by atoms with Gasteiger partial charge < -0.3 is 25.0 Å². The van der Waals surface area contributed by atoms with Gasteiger partial charge in [-0.15, -0.1) is 0 Å². The number of rotatable bonds is 19. The van der Waals surface area contributed by atoms with E-state index in [1.165, 1.54) is 31.3 Å². The largest absolute Gasteiger partial charge is 0.493 e. The molecule has 0 unspecified atom stereocenters. The number of ether oxygens (including phenoxy) is 2. The maximum Gasteiger partial charge on any atom is 0.475 e. The number of anilines is 3. The van der Waals surface area contributed by atoms with Gasteiger partial charge in [-0.1, -0.05) is 6.07 Å². The minimum Gasteiger partial charge on any atom is -0.493 e. The molecule has 4 aromatic rings.